The molecule has 0 bridgehead atoms. The number of hydrogen-bond acceptors (Lipinski definition) is 3. The molecule has 92 valence electrons. The van der Waals surface area contributed by atoms with Crippen molar-refractivity contribution < 1.29 is 4.79 Å². The van der Waals surface area contributed by atoms with Crippen LogP contribution >= 0.6 is 0 Å². The number of carbonyl (C=O) groups is 1. The number of carbonyl (C=O) groups excluding carboxylic acids is 1. The number of H-pyrrole nitrogens is 1. The monoisotopic (exact) mass is 234 g/mol. The number of fused-ring (bicyclic) bond motifs is 1. The van der Waals surface area contributed by atoms with Gasteiger partial charge in [-0.3, -0.25) is 9.89 Å². The van der Waals surface area contributed by atoms with Crippen LogP contribution in [-0.4, -0.2) is 46.7 Å². The van der Waals surface area contributed by atoms with Crippen molar-refractivity contribution >= 4 is 5.91 Å². The topological polar surface area (TPSA) is 61.0 Å². The Morgan fingerprint density at radius 3 is 2.88 bits per heavy atom. The van der Waals surface area contributed by atoms with Crippen LogP contribution < -0.4 is 5.32 Å². The Balaban J connectivity index is 1.80. The first-order valence-corrected chi connectivity index (χ1v) is 6.21. The standard InChI is InChI=1S/C12H18N4O/c1-7-11(8(2)15-14-7)12(17)16-5-9-3-4-13-10(9)6-16/h9-10,13H,3-6H2,1-2H3,(H,14,15)/t9-,10+/m0/s1. The van der Waals surface area contributed by atoms with Crippen molar-refractivity contribution in [3.8, 4) is 0 Å². The molecular formula is C12H18N4O. The molecule has 0 unspecified atom stereocenters. The lowest BCUT2D eigenvalue weighted by atomic mass is 10.1. The molecule has 0 aliphatic carbocycles. The summed E-state index contributed by atoms with van der Waals surface area (Å²) in [5.41, 5.74) is 2.43. The van der Waals surface area contributed by atoms with E-state index in [-0.39, 0.29) is 5.91 Å². The molecule has 1 amide bonds. The molecule has 0 spiro atoms. The number of aromatic nitrogens is 2. The fourth-order valence-corrected chi connectivity index (χ4v) is 3.04. The van der Waals surface area contributed by atoms with Crippen LogP contribution in [0.4, 0.5) is 0 Å². The predicted molar refractivity (Wildman–Crippen MR) is 63.9 cm³/mol. The molecule has 3 rings (SSSR count). The molecule has 17 heavy (non-hydrogen) atoms. The van der Waals surface area contributed by atoms with Crippen molar-refractivity contribution in [3.05, 3.63) is 17.0 Å². The molecule has 1 aromatic heterocycles. The largest absolute Gasteiger partial charge is 0.337 e. The molecule has 2 aliphatic rings. The molecular weight excluding hydrogens is 216 g/mol. The highest BCUT2D eigenvalue weighted by molar-refractivity contribution is 5.96. The van der Waals surface area contributed by atoms with E-state index in [0.29, 0.717) is 12.0 Å². The van der Waals surface area contributed by atoms with E-state index in [1.807, 2.05) is 18.7 Å². The second-order valence-electron chi connectivity index (χ2n) is 5.13. The first-order chi connectivity index (χ1) is 8.16. The lowest BCUT2D eigenvalue weighted by Gasteiger charge is -2.17. The van der Waals surface area contributed by atoms with Crippen molar-refractivity contribution in [1.82, 2.24) is 20.4 Å². The van der Waals surface area contributed by atoms with Crippen molar-refractivity contribution in [2.24, 2.45) is 5.92 Å². The summed E-state index contributed by atoms with van der Waals surface area (Å²) in [5.74, 6) is 0.774. The fourth-order valence-electron chi connectivity index (χ4n) is 3.04. The van der Waals surface area contributed by atoms with Crippen molar-refractivity contribution in [1.29, 1.82) is 0 Å². The van der Waals surface area contributed by atoms with Gasteiger partial charge < -0.3 is 10.2 Å². The van der Waals surface area contributed by atoms with E-state index >= 15 is 0 Å². The van der Waals surface area contributed by atoms with E-state index in [2.05, 4.69) is 15.5 Å². The summed E-state index contributed by atoms with van der Waals surface area (Å²) in [6.07, 6.45) is 1.19. The zero-order valence-corrected chi connectivity index (χ0v) is 10.3. The van der Waals surface area contributed by atoms with Gasteiger partial charge in [0.1, 0.15) is 0 Å². The molecule has 0 saturated carbocycles. The summed E-state index contributed by atoms with van der Waals surface area (Å²) >= 11 is 0. The van der Waals surface area contributed by atoms with Crippen LogP contribution in [0.1, 0.15) is 28.2 Å². The van der Waals surface area contributed by atoms with Crippen molar-refractivity contribution in [2.75, 3.05) is 19.6 Å². The SMILES string of the molecule is Cc1n[nH]c(C)c1C(=O)N1C[C@@H]2CCN[C@@H]2C1. The molecule has 2 N–H and O–H groups in total. The Hall–Kier alpha value is -1.36. The molecule has 2 atom stereocenters. The second-order valence-corrected chi connectivity index (χ2v) is 5.13. The third kappa shape index (κ3) is 1.65. The van der Waals surface area contributed by atoms with Crippen molar-refractivity contribution in [3.63, 3.8) is 0 Å². The van der Waals surface area contributed by atoms with Gasteiger partial charge in [0.25, 0.3) is 5.91 Å². The van der Waals surface area contributed by atoms with Gasteiger partial charge in [-0.05, 0) is 32.7 Å². The second kappa shape index (κ2) is 3.84. The van der Waals surface area contributed by atoms with Gasteiger partial charge in [-0.2, -0.15) is 5.10 Å². The summed E-state index contributed by atoms with van der Waals surface area (Å²) in [6, 6.07) is 0.506. The molecule has 3 heterocycles. The number of aryl methyl sites for hydroxylation is 2. The first kappa shape index (κ1) is 10.8. The zero-order chi connectivity index (χ0) is 12.0. The fraction of sp³-hybridized carbons (Fsp3) is 0.667. The third-order valence-corrected chi connectivity index (χ3v) is 3.99. The van der Waals surface area contributed by atoms with Gasteiger partial charge in [0.05, 0.1) is 11.3 Å². The van der Waals surface area contributed by atoms with E-state index in [4.69, 9.17) is 0 Å². The average molecular weight is 234 g/mol. The molecule has 0 radical (unpaired) electrons. The summed E-state index contributed by atoms with van der Waals surface area (Å²) in [4.78, 5) is 14.4. The number of hydrogen-bond donors (Lipinski definition) is 2. The third-order valence-electron chi connectivity index (χ3n) is 3.99. The van der Waals surface area contributed by atoms with E-state index in [1.165, 1.54) is 6.42 Å². The van der Waals surface area contributed by atoms with Gasteiger partial charge in [-0.1, -0.05) is 0 Å². The number of amides is 1. The molecule has 1 aromatic rings. The number of nitrogens with zero attached hydrogens (tertiary/aromatic N) is 2. The smallest absolute Gasteiger partial charge is 0.257 e. The van der Waals surface area contributed by atoms with Gasteiger partial charge in [0.2, 0.25) is 0 Å². The van der Waals surface area contributed by atoms with Crippen LogP contribution in [0.3, 0.4) is 0 Å². The van der Waals surface area contributed by atoms with Crippen LogP contribution in [0.5, 0.6) is 0 Å². The predicted octanol–water partition coefficient (Wildman–Crippen LogP) is 0.460. The number of likely N-dealkylation sites (tertiary alicyclic amines) is 1. The Labute approximate surface area is 101 Å². The molecule has 2 saturated heterocycles. The number of rotatable bonds is 1. The summed E-state index contributed by atoms with van der Waals surface area (Å²) in [7, 11) is 0. The van der Waals surface area contributed by atoms with Gasteiger partial charge in [-0.15, -0.1) is 0 Å². The van der Waals surface area contributed by atoms with Crippen LogP contribution in [0.2, 0.25) is 0 Å². The summed E-state index contributed by atoms with van der Waals surface area (Å²) in [5, 5.41) is 10.4. The molecule has 2 fully saturated rings. The van der Waals surface area contributed by atoms with Crippen LogP contribution in [0.25, 0.3) is 0 Å². The normalized spacial score (nSPS) is 27.5. The van der Waals surface area contributed by atoms with Gasteiger partial charge in [-0.25, -0.2) is 0 Å². The maximum Gasteiger partial charge on any atom is 0.257 e. The first-order valence-electron chi connectivity index (χ1n) is 6.21. The highest BCUT2D eigenvalue weighted by atomic mass is 16.2. The maximum absolute atomic E-state index is 12.4. The lowest BCUT2D eigenvalue weighted by Crippen LogP contribution is -2.34. The highest BCUT2D eigenvalue weighted by Gasteiger charge is 2.38. The Bertz CT molecular complexity index is 422. The summed E-state index contributed by atoms with van der Waals surface area (Å²) in [6.45, 7) is 6.61. The minimum atomic E-state index is 0.130. The van der Waals surface area contributed by atoms with Crippen LogP contribution in [-0.2, 0) is 0 Å². The number of nitrogens with one attached hydrogen (secondary N) is 2. The minimum Gasteiger partial charge on any atom is -0.337 e. The quantitative estimate of drug-likeness (QED) is 0.742. The van der Waals surface area contributed by atoms with E-state index in [0.717, 1.165) is 36.6 Å². The van der Waals surface area contributed by atoms with Crippen molar-refractivity contribution in [2.45, 2.75) is 26.3 Å². The Morgan fingerprint density at radius 2 is 2.24 bits per heavy atom. The van der Waals surface area contributed by atoms with Gasteiger partial charge >= 0.3 is 0 Å². The Morgan fingerprint density at radius 1 is 1.41 bits per heavy atom. The zero-order valence-electron chi connectivity index (χ0n) is 10.3. The molecule has 0 aromatic carbocycles. The lowest BCUT2D eigenvalue weighted by molar-refractivity contribution is 0.0781. The molecule has 5 nitrogen and oxygen atoms in total. The molecule has 2 aliphatic heterocycles. The minimum absolute atomic E-state index is 0.130. The van der Waals surface area contributed by atoms with E-state index in [1.54, 1.807) is 0 Å². The Kier molecular flexibility index (Phi) is 2.43. The number of aromatic amines is 1. The highest BCUT2D eigenvalue weighted by Crippen LogP contribution is 2.26. The average Bonchev–Trinajstić information content (AvgIpc) is 2.92. The van der Waals surface area contributed by atoms with Crippen LogP contribution in [0, 0.1) is 19.8 Å². The van der Waals surface area contributed by atoms with E-state index < -0.39 is 0 Å². The van der Waals surface area contributed by atoms with Gasteiger partial charge in [0, 0.05) is 24.8 Å². The maximum atomic E-state index is 12.4. The summed E-state index contributed by atoms with van der Waals surface area (Å²) < 4.78 is 0. The van der Waals surface area contributed by atoms with E-state index in [9.17, 15) is 4.79 Å². The molecule has 5 heteroatoms. The van der Waals surface area contributed by atoms with Gasteiger partial charge in [0.15, 0.2) is 0 Å². The van der Waals surface area contributed by atoms with Crippen LogP contribution in [0.15, 0.2) is 0 Å².